The molecule has 0 aliphatic heterocycles. The molecule has 0 radical (unpaired) electrons. The lowest BCUT2D eigenvalue weighted by atomic mass is 9.52. The van der Waals surface area contributed by atoms with Crippen molar-refractivity contribution in [1.82, 2.24) is 0 Å². The fourth-order valence-corrected chi connectivity index (χ4v) is 7.95. The van der Waals surface area contributed by atoms with E-state index < -0.39 is 0 Å². The van der Waals surface area contributed by atoms with Gasteiger partial charge in [0.1, 0.15) is 0 Å². The molecule has 0 spiro atoms. The lowest BCUT2D eigenvalue weighted by Crippen LogP contribution is -2.44. The summed E-state index contributed by atoms with van der Waals surface area (Å²) in [6.45, 7) is 7.04. The first-order valence-corrected chi connectivity index (χ1v) is 15.7. The first-order valence-electron chi connectivity index (χ1n) is 15.7. The van der Waals surface area contributed by atoms with Gasteiger partial charge in [0.25, 0.3) is 0 Å². The summed E-state index contributed by atoms with van der Waals surface area (Å²) >= 11 is 0. The van der Waals surface area contributed by atoms with Crippen LogP contribution in [-0.4, -0.2) is 0 Å². The van der Waals surface area contributed by atoms with Gasteiger partial charge >= 0.3 is 0 Å². The van der Waals surface area contributed by atoms with E-state index in [2.05, 4.69) is 159 Å². The summed E-state index contributed by atoms with van der Waals surface area (Å²) < 4.78 is 0. The largest absolute Gasteiger partial charge is 0.315 e. The fraction of sp³-hybridized carbons (Fsp3) is 0.268. The standard InChI is InChI=1S/C41H41N/c1-29-20-22-31(23-21-29)40-36-16-7-9-18-38(36)41(3,39-19-10-8-17-37(39)40)32-24-26-34(27-25-32)42(33-13-5-4-6-14-33)35-15-11-12-30(2)28-35/h4-10,13-27,30,36,38,40H,11-12,28H2,1-3H3. The van der Waals surface area contributed by atoms with Crippen molar-refractivity contribution in [1.29, 1.82) is 0 Å². The quantitative estimate of drug-likeness (QED) is 0.240. The third-order valence-electron chi connectivity index (χ3n) is 10.1. The van der Waals surface area contributed by atoms with Gasteiger partial charge in [-0.15, -0.1) is 0 Å². The van der Waals surface area contributed by atoms with Gasteiger partial charge in [-0.25, -0.2) is 0 Å². The molecule has 0 amide bonds. The molecule has 42 heavy (non-hydrogen) atoms. The highest BCUT2D eigenvalue weighted by Gasteiger charge is 2.49. The van der Waals surface area contributed by atoms with E-state index in [1.807, 2.05) is 0 Å². The van der Waals surface area contributed by atoms with Crippen LogP contribution in [0, 0.1) is 24.7 Å². The van der Waals surface area contributed by atoms with Crippen LogP contribution < -0.4 is 4.90 Å². The van der Waals surface area contributed by atoms with Gasteiger partial charge in [-0.2, -0.15) is 0 Å². The number of nitrogens with zero attached hydrogens (tertiary/aromatic N) is 1. The second-order valence-corrected chi connectivity index (χ2v) is 12.9. The first-order chi connectivity index (χ1) is 20.5. The van der Waals surface area contributed by atoms with Crippen LogP contribution >= 0.6 is 0 Å². The van der Waals surface area contributed by atoms with E-state index in [1.54, 1.807) is 0 Å². The van der Waals surface area contributed by atoms with Crippen LogP contribution in [0.15, 0.2) is 139 Å². The minimum atomic E-state index is -0.140. The molecule has 1 nitrogen and oxygen atoms in total. The van der Waals surface area contributed by atoms with Crippen molar-refractivity contribution in [2.24, 2.45) is 17.8 Å². The Morgan fingerprint density at radius 3 is 2.19 bits per heavy atom. The summed E-state index contributed by atoms with van der Waals surface area (Å²) in [6, 6.07) is 38.9. The molecular weight excluding hydrogens is 506 g/mol. The van der Waals surface area contributed by atoms with Crippen molar-refractivity contribution in [3.05, 3.63) is 167 Å². The summed E-state index contributed by atoms with van der Waals surface area (Å²) in [7, 11) is 0. The van der Waals surface area contributed by atoms with Gasteiger partial charge in [-0.3, -0.25) is 0 Å². The average Bonchev–Trinajstić information content (AvgIpc) is 3.03. The number of fused-ring (bicyclic) bond motifs is 2. The van der Waals surface area contributed by atoms with Crippen molar-refractivity contribution in [3.63, 3.8) is 0 Å². The maximum atomic E-state index is 2.48. The van der Waals surface area contributed by atoms with Crippen molar-refractivity contribution in [2.75, 3.05) is 4.90 Å². The Morgan fingerprint density at radius 1 is 0.738 bits per heavy atom. The molecular formula is C41H41N. The fourth-order valence-electron chi connectivity index (χ4n) is 7.95. The molecule has 5 unspecified atom stereocenters. The summed E-state index contributed by atoms with van der Waals surface area (Å²) in [6.07, 6.45) is 15.5. The monoisotopic (exact) mass is 547 g/mol. The minimum absolute atomic E-state index is 0.140. The molecule has 0 fully saturated rings. The maximum absolute atomic E-state index is 2.48. The van der Waals surface area contributed by atoms with E-state index in [0.29, 0.717) is 23.7 Å². The van der Waals surface area contributed by atoms with Crippen LogP contribution in [-0.2, 0) is 5.41 Å². The Hall–Kier alpha value is -4.10. The SMILES string of the molecule is Cc1ccc(C2c3ccccc3C(C)(c3ccc(N(C4=CCCC(C)C4)c4ccccc4)cc3)C3C=CC=CC23)cc1. The zero-order valence-electron chi connectivity index (χ0n) is 25.1. The highest BCUT2D eigenvalue weighted by molar-refractivity contribution is 5.69. The van der Waals surface area contributed by atoms with E-state index in [1.165, 1.54) is 51.3 Å². The average molecular weight is 548 g/mol. The second kappa shape index (κ2) is 11.0. The lowest BCUT2D eigenvalue weighted by molar-refractivity contribution is 0.277. The predicted octanol–water partition coefficient (Wildman–Crippen LogP) is 10.6. The molecule has 0 saturated heterocycles. The highest BCUT2D eigenvalue weighted by Crippen LogP contribution is 2.56. The summed E-state index contributed by atoms with van der Waals surface area (Å²) in [5, 5.41) is 0. The Labute approximate surface area is 251 Å². The third-order valence-corrected chi connectivity index (χ3v) is 10.1. The van der Waals surface area contributed by atoms with Gasteiger partial charge in [-0.1, -0.05) is 129 Å². The number of hydrogen-bond acceptors (Lipinski definition) is 1. The molecule has 4 aromatic carbocycles. The van der Waals surface area contributed by atoms with Crippen molar-refractivity contribution >= 4 is 11.4 Å². The van der Waals surface area contributed by atoms with Gasteiger partial charge in [-0.05, 0) is 90.5 Å². The maximum Gasteiger partial charge on any atom is 0.0458 e. The van der Waals surface area contributed by atoms with Gasteiger partial charge in [0.05, 0.1) is 0 Å². The number of anilines is 2. The van der Waals surface area contributed by atoms with E-state index in [9.17, 15) is 0 Å². The number of benzene rings is 4. The van der Waals surface area contributed by atoms with Crippen molar-refractivity contribution < 1.29 is 0 Å². The van der Waals surface area contributed by atoms with Crippen LogP contribution in [0.5, 0.6) is 0 Å². The molecule has 0 N–H and O–H groups in total. The minimum Gasteiger partial charge on any atom is -0.315 e. The van der Waals surface area contributed by atoms with Crippen molar-refractivity contribution in [3.8, 4) is 0 Å². The van der Waals surface area contributed by atoms with Gasteiger partial charge in [0.2, 0.25) is 0 Å². The molecule has 0 saturated carbocycles. The molecule has 0 heterocycles. The number of para-hydroxylation sites is 1. The van der Waals surface area contributed by atoms with Crippen LogP contribution in [0.3, 0.4) is 0 Å². The zero-order valence-corrected chi connectivity index (χ0v) is 25.1. The predicted molar refractivity (Wildman–Crippen MR) is 177 cm³/mol. The number of rotatable bonds is 5. The Kier molecular flexibility index (Phi) is 6.98. The summed E-state index contributed by atoms with van der Waals surface area (Å²) in [5.74, 6) is 1.81. The van der Waals surface area contributed by atoms with Crippen LogP contribution in [0.2, 0.25) is 0 Å². The molecule has 0 bridgehead atoms. The second-order valence-electron chi connectivity index (χ2n) is 12.9. The van der Waals surface area contributed by atoms with Crippen LogP contribution in [0.25, 0.3) is 0 Å². The van der Waals surface area contributed by atoms with Crippen molar-refractivity contribution in [2.45, 2.75) is 51.4 Å². The zero-order chi connectivity index (χ0) is 28.7. The van der Waals surface area contributed by atoms with Crippen LogP contribution in [0.4, 0.5) is 11.4 Å². The van der Waals surface area contributed by atoms with Crippen LogP contribution in [0.1, 0.15) is 66.8 Å². The third kappa shape index (κ3) is 4.56. The smallest absolute Gasteiger partial charge is 0.0458 e. The number of aryl methyl sites for hydroxylation is 1. The van der Waals surface area contributed by atoms with E-state index in [-0.39, 0.29) is 5.41 Å². The van der Waals surface area contributed by atoms with Gasteiger partial charge < -0.3 is 4.90 Å². The molecule has 7 rings (SSSR count). The molecule has 0 aromatic heterocycles. The van der Waals surface area contributed by atoms with E-state index in [0.717, 1.165) is 12.8 Å². The molecule has 5 atom stereocenters. The number of hydrogen-bond donors (Lipinski definition) is 0. The highest BCUT2D eigenvalue weighted by atomic mass is 15.1. The van der Waals surface area contributed by atoms with Gasteiger partial charge in [0.15, 0.2) is 0 Å². The topological polar surface area (TPSA) is 3.24 Å². The first kappa shape index (κ1) is 26.8. The Morgan fingerprint density at radius 2 is 1.43 bits per heavy atom. The Balaban J connectivity index is 1.33. The Bertz CT molecular complexity index is 1640. The molecule has 1 heteroatoms. The lowest BCUT2D eigenvalue weighted by Gasteiger charge is -2.50. The number of allylic oxidation sites excluding steroid dienone is 6. The van der Waals surface area contributed by atoms with Gasteiger partial charge in [0, 0.05) is 28.4 Å². The molecule has 3 aliphatic rings. The molecule has 210 valence electrons. The molecule has 3 aliphatic carbocycles. The van der Waals surface area contributed by atoms with E-state index >= 15 is 0 Å². The van der Waals surface area contributed by atoms with E-state index in [4.69, 9.17) is 0 Å². The molecule has 4 aromatic rings. The normalized spacial score (nSPS) is 26.2. The summed E-state index contributed by atoms with van der Waals surface area (Å²) in [4.78, 5) is 2.48. The summed E-state index contributed by atoms with van der Waals surface area (Å²) in [5.41, 5.74) is 10.8.